The number of fused-ring (bicyclic) bond motifs is 2. The predicted octanol–water partition coefficient (Wildman–Crippen LogP) is 5.01. The molecule has 4 nitrogen and oxygen atoms in total. The van der Waals surface area contributed by atoms with Crippen molar-refractivity contribution in [1.82, 2.24) is 9.55 Å². The van der Waals surface area contributed by atoms with Crippen LogP contribution in [0.25, 0.3) is 21.8 Å². The maximum atomic E-state index is 10.4. The van der Waals surface area contributed by atoms with Gasteiger partial charge in [0.25, 0.3) is 0 Å². The van der Waals surface area contributed by atoms with Gasteiger partial charge in [-0.15, -0.1) is 0 Å². The molecule has 1 aromatic heterocycles. The fourth-order valence-corrected chi connectivity index (χ4v) is 3.59. The van der Waals surface area contributed by atoms with Gasteiger partial charge in [-0.3, -0.25) is 0 Å². The lowest BCUT2D eigenvalue weighted by Crippen LogP contribution is -2.23. The molecular formula is C22H21BrN2O2. The van der Waals surface area contributed by atoms with Crippen LogP contribution in [0.4, 0.5) is 0 Å². The molecule has 3 aromatic carbocycles. The van der Waals surface area contributed by atoms with Crippen molar-refractivity contribution in [3.8, 4) is 5.75 Å². The lowest BCUT2D eigenvalue weighted by molar-refractivity contribution is 0.0935. The van der Waals surface area contributed by atoms with Gasteiger partial charge in [0, 0.05) is 4.47 Å². The zero-order chi connectivity index (χ0) is 19.0. The van der Waals surface area contributed by atoms with Gasteiger partial charge >= 0.3 is 0 Å². The van der Waals surface area contributed by atoms with Crippen molar-refractivity contribution in [2.75, 3.05) is 6.61 Å². The summed E-state index contributed by atoms with van der Waals surface area (Å²) >= 11 is 3.48. The van der Waals surface area contributed by atoms with Gasteiger partial charge in [-0.2, -0.15) is 0 Å². The average molecular weight is 425 g/mol. The quantitative estimate of drug-likeness (QED) is 0.489. The van der Waals surface area contributed by atoms with Crippen molar-refractivity contribution < 1.29 is 9.84 Å². The largest absolute Gasteiger partial charge is 0.491 e. The molecule has 1 atom stereocenters. The SMILES string of the molecule is Cc1cc2ncn(CC(O)COc3ccc4cc(Br)ccc4c3)c2cc1C. The molecule has 0 radical (unpaired) electrons. The Balaban J connectivity index is 1.45. The Bertz CT molecular complexity index is 1120. The number of halogens is 1. The summed E-state index contributed by atoms with van der Waals surface area (Å²) in [6.45, 7) is 4.84. The van der Waals surface area contributed by atoms with Crippen LogP contribution in [0.2, 0.25) is 0 Å². The van der Waals surface area contributed by atoms with Crippen LogP contribution in [0.3, 0.4) is 0 Å². The molecule has 1 unspecified atom stereocenters. The van der Waals surface area contributed by atoms with E-state index in [9.17, 15) is 5.11 Å². The van der Waals surface area contributed by atoms with E-state index in [1.165, 1.54) is 11.1 Å². The first-order chi connectivity index (χ1) is 13.0. The molecule has 0 fully saturated rings. The van der Waals surface area contributed by atoms with E-state index in [1.54, 1.807) is 6.33 Å². The molecule has 138 valence electrons. The van der Waals surface area contributed by atoms with Crippen LogP contribution >= 0.6 is 15.9 Å². The Morgan fingerprint density at radius 1 is 1.04 bits per heavy atom. The summed E-state index contributed by atoms with van der Waals surface area (Å²) in [5, 5.41) is 12.7. The Kier molecular flexibility index (Phi) is 4.89. The highest BCUT2D eigenvalue weighted by Crippen LogP contribution is 2.24. The number of nitrogens with zero attached hydrogens (tertiary/aromatic N) is 2. The van der Waals surface area contributed by atoms with Gasteiger partial charge < -0.3 is 14.4 Å². The number of imidazole rings is 1. The summed E-state index contributed by atoms with van der Waals surface area (Å²) in [5.41, 5.74) is 4.43. The molecule has 0 bridgehead atoms. The highest BCUT2D eigenvalue weighted by molar-refractivity contribution is 9.10. The van der Waals surface area contributed by atoms with Crippen LogP contribution in [0, 0.1) is 13.8 Å². The number of aryl methyl sites for hydroxylation is 2. The highest BCUT2D eigenvalue weighted by Gasteiger charge is 2.11. The topological polar surface area (TPSA) is 47.3 Å². The molecule has 4 rings (SSSR count). The second-order valence-corrected chi connectivity index (χ2v) is 7.86. The van der Waals surface area contributed by atoms with Gasteiger partial charge in [0.15, 0.2) is 0 Å². The average Bonchev–Trinajstić information content (AvgIpc) is 3.02. The van der Waals surface area contributed by atoms with Crippen molar-refractivity contribution in [1.29, 1.82) is 0 Å². The van der Waals surface area contributed by atoms with Crippen LogP contribution in [0.1, 0.15) is 11.1 Å². The Labute approximate surface area is 166 Å². The molecule has 0 saturated carbocycles. The minimum Gasteiger partial charge on any atom is -0.491 e. The summed E-state index contributed by atoms with van der Waals surface area (Å²) < 4.78 is 8.85. The minimum absolute atomic E-state index is 0.229. The molecule has 0 aliphatic rings. The Morgan fingerprint density at radius 2 is 1.78 bits per heavy atom. The molecule has 4 aromatic rings. The van der Waals surface area contributed by atoms with Crippen LogP contribution in [-0.4, -0.2) is 27.4 Å². The minimum atomic E-state index is -0.621. The van der Waals surface area contributed by atoms with Crippen molar-refractivity contribution in [2.45, 2.75) is 26.5 Å². The number of benzene rings is 3. The van der Waals surface area contributed by atoms with Crippen molar-refractivity contribution >= 4 is 37.7 Å². The van der Waals surface area contributed by atoms with Crippen LogP contribution < -0.4 is 4.74 Å². The fraction of sp³-hybridized carbons (Fsp3) is 0.227. The zero-order valence-electron chi connectivity index (χ0n) is 15.3. The molecule has 1 heterocycles. The molecule has 27 heavy (non-hydrogen) atoms. The monoisotopic (exact) mass is 424 g/mol. The standard InChI is InChI=1S/C22H21BrN2O2/c1-14-7-21-22(8-15(14)2)25(13-24-21)11-19(26)12-27-20-6-4-16-9-18(23)5-3-17(16)10-20/h3-10,13,19,26H,11-12H2,1-2H3. The summed E-state index contributed by atoms with van der Waals surface area (Å²) in [6, 6.07) is 16.3. The predicted molar refractivity (Wildman–Crippen MR) is 112 cm³/mol. The van der Waals surface area contributed by atoms with Crippen molar-refractivity contribution in [3.05, 3.63) is 70.5 Å². The number of rotatable bonds is 5. The third-order valence-corrected chi connectivity index (χ3v) is 5.35. The zero-order valence-corrected chi connectivity index (χ0v) is 16.9. The van der Waals surface area contributed by atoms with Crippen LogP contribution in [0.15, 0.2) is 59.3 Å². The second kappa shape index (κ2) is 7.33. The smallest absolute Gasteiger partial charge is 0.120 e. The third kappa shape index (κ3) is 3.84. The molecule has 1 N–H and O–H groups in total. The van der Waals surface area contributed by atoms with Crippen molar-refractivity contribution in [3.63, 3.8) is 0 Å². The molecular weight excluding hydrogens is 404 g/mol. The molecule has 0 spiro atoms. The lowest BCUT2D eigenvalue weighted by atomic mass is 10.1. The van der Waals surface area contributed by atoms with E-state index < -0.39 is 6.10 Å². The van der Waals surface area contributed by atoms with Gasteiger partial charge in [0.1, 0.15) is 18.5 Å². The van der Waals surface area contributed by atoms with E-state index in [2.05, 4.69) is 53.0 Å². The van der Waals surface area contributed by atoms with E-state index in [0.29, 0.717) is 6.54 Å². The molecule has 0 aliphatic carbocycles. The van der Waals surface area contributed by atoms with Gasteiger partial charge in [-0.25, -0.2) is 4.98 Å². The molecule has 0 amide bonds. The van der Waals surface area contributed by atoms with E-state index in [-0.39, 0.29) is 6.61 Å². The maximum Gasteiger partial charge on any atom is 0.120 e. The number of ether oxygens (including phenoxy) is 1. The first-order valence-electron chi connectivity index (χ1n) is 8.92. The Morgan fingerprint density at radius 3 is 2.63 bits per heavy atom. The van der Waals surface area contributed by atoms with Crippen molar-refractivity contribution in [2.24, 2.45) is 0 Å². The van der Waals surface area contributed by atoms with Gasteiger partial charge in [-0.05, 0) is 72.1 Å². The van der Waals surface area contributed by atoms with Crippen LogP contribution in [0.5, 0.6) is 5.75 Å². The number of aromatic nitrogens is 2. The summed E-state index contributed by atoms with van der Waals surface area (Å²) in [5.74, 6) is 0.755. The fourth-order valence-electron chi connectivity index (χ4n) is 3.22. The van der Waals surface area contributed by atoms with E-state index in [4.69, 9.17) is 4.74 Å². The third-order valence-electron chi connectivity index (χ3n) is 4.86. The number of aliphatic hydroxyl groups excluding tert-OH is 1. The first kappa shape index (κ1) is 18.0. The maximum absolute atomic E-state index is 10.4. The van der Waals surface area contributed by atoms with E-state index >= 15 is 0 Å². The van der Waals surface area contributed by atoms with Gasteiger partial charge in [0.2, 0.25) is 0 Å². The van der Waals surface area contributed by atoms with Gasteiger partial charge in [-0.1, -0.05) is 28.1 Å². The van der Waals surface area contributed by atoms with E-state index in [0.717, 1.165) is 32.0 Å². The Hall–Kier alpha value is -2.37. The first-order valence-corrected chi connectivity index (χ1v) is 9.71. The molecule has 0 aliphatic heterocycles. The highest BCUT2D eigenvalue weighted by atomic mass is 79.9. The normalized spacial score (nSPS) is 12.6. The van der Waals surface area contributed by atoms with Gasteiger partial charge in [0.05, 0.1) is 23.9 Å². The van der Waals surface area contributed by atoms with Crippen LogP contribution in [-0.2, 0) is 6.54 Å². The van der Waals surface area contributed by atoms with E-state index in [1.807, 2.05) is 34.9 Å². The lowest BCUT2D eigenvalue weighted by Gasteiger charge is -2.14. The summed E-state index contributed by atoms with van der Waals surface area (Å²) in [6.07, 6.45) is 1.16. The summed E-state index contributed by atoms with van der Waals surface area (Å²) in [7, 11) is 0. The molecule has 5 heteroatoms. The second-order valence-electron chi connectivity index (χ2n) is 6.94. The number of hydrogen-bond donors (Lipinski definition) is 1. The number of hydrogen-bond acceptors (Lipinski definition) is 3. The molecule has 0 saturated heterocycles. The summed E-state index contributed by atoms with van der Waals surface area (Å²) in [4.78, 5) is 4.44. The number of aliphatic hydroxyl groups is 1.